The first-order chi connectivity index (χ1) is 9.20. The lowest BCUT2D eigenvalue weighted by Gasteiger charge is -2.26. The van der Waals surface area contributed by atoms with Crippen LogP contribution < -0.4 is 11.1 Å². The Kier molecular flexibility index (Phi) is 3.40. The second-order valence-electron chi connectivity index (χ2n) is 5.23. The molecule has 1 aliphatic carbocycles. The van der Waals surface area contributed by atoms with Crippen molar-refractivity contribution < 1.29 is 9.52 Å². The van der Waals surface area contributed by atoms with E-state index in [4.69, 9.17) is 4.42 Å². The number of nitrogens with one attached hydrogen (secondary N) is 2. The fourth-order valence-corrected chi connectivity index (χ4v) is 2.65. The molecule has 1 fully saturated rings. The van der Waals surface area contributed by atoms with E-state index in [1.54, 1.807) is 0 Å². The average Bonchev–Trinajstić information content (AvgIpc) is 2.77. The Labute approximate surface area is 110 Å². The third-order valence-corrected chi connectivity index (χ3v) is 3.77. The first-order valence-corrected chi connectivity index (χ1v) is 6.74. The fraction of sp³-hybridized carbons (Fsp3) is 0.500. The number of fused-ring (bicyclic) bond motifs is 1. The van der Waals surface area contributed by atoms with Gasteiger partial charge in [0, 0.05) is 12.6 Å². The summed E-state index contributed by atoms with van der Waals surface area (Å²) in [4.78, 5) is 13.7. The molecule has 0 bridgehead atoms. The number of hydrogen-bond donors (Lipinski definition) is 3. The summed E-state index contributed by atoms with van der Waals surface area (Å²) in [5.74, 6) is -0.415. The van der Waals surface area contributed by atoms with Crippen LogP contribution in [-0.4, -0.2) is 22.2 Å². The number of benzene rings is 1. The average molecular weight is 262 g/mol. The minimum atomic E-state index is -0.415. The molecule has 1 aliphatic rings. The van der Waals surface area contributed by atoms with Gasteiger partial charge >= 0.3 is 5.76 Å². The zero-order valence-corrected chi connectivity index (χ0v) is 10.7. The molecule has 19 heavy (non-hydrogen) atoms. The molecule has 102 valence electrons. The highest BCUT2D eigenvalue weighted by Gasteiger charge is 2.18. The maximum absolute atomic E-state index is 11.1. The lowest BCUT2D eigenvalue weighted by Crippen LogP contribution is -2.34. The van der Waals surface area contributed by atoms with Crippen molar-refractivity contribution in [2.45, 2.75) is 44.4 Å². The Morgan fingerprint density at radius 3 is 2.89 bits per heavy atom. The van der Waals surface area contributed by atoms with Gasteiger partial charge in [-0.15, -0.1) is 0 Å². The molecule has 1 heterocycles. The van der Waals surface area contributed by atoms with Crippen LogP contribution in [0.4, 0.5) is 0 Å². The quantitative estimate of drug-likeness (QED) is 0.783. The van der Waals surface area contributed by atoms with Gasteiger partial charge in [-0.2, -0.15) is 0 Å². The molecule has 0 unspecified atom stereocenters. The van der Waals surface area contributed by atoms with Gasteiger partial charge in [0.05, 0.1) is 11.6 Å². The molecule has 1 aromatic carbocycles. The first kappa shape index (κ1) is 12.4. The summed E-state index contributed by atoms with van der Waals surface area (Å²) in [5.41, 5.74) is 2.45. The van der Waals surface area contributed by atoms with Crippen molar-refractivity contribution in [1.82, 2.24) is 10.3 Å². The number of H-pyrrole nitrogens is 1. The van der Waals surface area contributed by atoms with Gasteiger partial charge < -0.3 is 14.8 Å². The highest BCUT2D eigenvalue weighted by atomic mass is 16.4. The highest BCUT2D eigenvalue weighted by molar-refractivity contribution is 5.72. The van der Waals surface area contributed by atoms with Crippen LogP contribution in [0, 0.1) is 0 Å². The van der Waals surface area contributed by atoms with Gasteiger partial charge in [0.2, 0.25) is 0 Å². The van der Waals surface area contributed by atoms with Gasteiger partial charge in [0.25, 0.3) is 0 Å². The number of aromatic nitrogens is 1. The van der Waals surface area contributed by atoms with Crippen molar-refractivity contribution in [3.8, 4) is 0 Å². The minimum absolute atomic E-state index is 0.120. The summed E-state index contributed by atoms with van der Waals surface area (Å²) in [7, 11) is 0. The number of aliphatic hydroxyl groups excluding tert-OH is 1. The van der Waals surface area contributed by atoms with Gasteiger partial charge in [-0.25, -0.2) is 4.79 Å². The molecule has 0 spiro atoms. The second-order valence-corrected chi connectivity index (χ2v) is 5.23. The number of rotatable bonds is 3. The fourth-order valence-electron chi connectivity index (χ4n) is 2.65. The molecule has 0 aliphatic heterocycles. The molecule has 3 rings (SSSR count). The van der Waals surface area contributed by atoms with Gasteiger partial charge in [0.15, 0.2) is 5.58 Å². The smallest absolute Gasteiger partial charge is 0.408 e. The largest absolute Gasteiger partial charge is 0.417 e. The van der Waals surface area contributed by atoms with Gasteiger partial charge in [0.1, 0.15) is 0 Å². The van der Waals surface area contributed by atoms with E-state index in [1.165, 1.54) is 0 Å². The molecule has 1 aromatic heterocycles. The number of hydrogen-bond acceptors (Lipinski definition) is 4. The van der Waals surface area contributed by atoms with Crippen LogP contribution in [0.1, 0.15) is 31.2 Å². The Morgan fingerprint density at radius 1 is 1.32 bits per heavy atom. The molecule has 2 aromatic rings. The standard InChI is InChI=1S/C14H18N2O3/c17-11-4-2-10(3-5-11)15-8-9-1-6-13-12(7-9)16-14(18)19-13/h1,6-7,10-11,15,17H,2-5,8H2,(H,16,18). The van der Waals surface area contributed by atoms with Crippen LogP contribution in [0.15, 0.2) is 27.4 Å². The SMILES string of the molecule is O=c1[nH]c2cc(CNC3CCC(O)CC3)ccc2o1. The summed E-state index contributed by atoms with van der Waals surface area (Å²) < 4.78 is 4.97. The summed E-state index contributed by atoms with van der Waals surface area (Å²) in [6.07, 6.45) is 3.68. The lowest BCUT2D eigenvalue weighted by atomic mass is 9.93. The second kappa shape index (κ2) is 5.19. The van der Waals surface area contributed by atoms with E-state index >= 15 is 0 Å². The van der Waals surface area contributed by atoms with Crippen molar-refractivity contribution in [2.24, 2.45) is 0 Å². The van der Waals surface area contributed by atoms with Crippen LogP contribution >= 0.6 is 0 Å². The molecule has 0 amide bonds. The normalized spacial score (nSPS) is 23.8. The van der Waals surface area contributed by atoms with Crippen molar-refractivity contribution in [3.63, 3.8) is 0 Å². The Balaban J connectivity index is 1.63. The number of aliphatic hydroxyl groups is 1. The highest BCUT2D eigenvalue weighted by Crippen LogP contribution is 2.19. The van der Waals surface area contributed by atoms with Crippen LogP contribution in [0.3, 0.4) is 0 Å². The topological polar surface area (TPSA) is 78.3 Å². The molecular formula is C14H18N2O3. The molecule has 1 saturated carbocycles. The van der Waals surface area contributed by atoms with Crippen molar-refractivity contribution >= 4 is 11.1 Å². The maximum atomic E-state index is 11.1. The van der Waals surface area contributed by atoms with Crippen LogP contribution in [0.25, 0.3) is 11.1 Å². The van der Waals surface area contributed by atoms with Gasteiger partial charge in [-0.3, -0.25) is 4.98 Å². The molecule has 0 saturated heterocycles. The zero-order chi connectivity index (χ0) is 13.2. The van der Waals surface area contributed by atoms with Crippen LogP contribution in [0.5, 0.6) is 0 Å². The van der Waals surface area contributed by atoms with Crippen molar-refractivity contribution in [3.05, 3.63) is 34.3 Å². The third-order valence-electron chi connectivity index (χ3n) is 3.77. The van der Waals surface area contributed by atoms with E-state index in [1.807, 2.05) is 18.2 Å². The van der Waals surface area contributed by atoms with E-state index < -0.39 is 5.76 Å². The maximum Gasteiger partial charge on any atom is 0.417 e. The molecule has 5 nitrogen and oxygen atoms in total. The summed E-state index contributed by atoms with van der Waals surface area (Å²) in [5, 5.41) is 13.0. The Morgan fingerprint density at radius 2 is 2.11 bits per heavy atom. The monoisotopic (exact) mass is 262 g/mol. The molecule has 3 N–H and O–H groups in total. The number of oxazole rings is 1. The Bertz CT molecular complexity index is 608. The molecule has 5 heteroatoms. The lowest BCUT2D eigenvalue weighted by molar-refractivity contribution is 0.116. The van der Waals surface area contributed by atoms with E-state index in [9.17, 15) is 9.90 Å². The Hall–Kier alpha value is -1.59. The van der Waals surface area contributed by atoms with Gasteiger partial charge in [-0.1, -0.05) is 6.07 Å². The minimum Gasteiger partial charge on any atom is -0.408 e. The predicted molar refractivity (Wildman–Crippen MR) is 71.9 cm³/mol. The van der Waals surface area contributed by atoms with Crippen LogP contribution in [-0.2, 0) is 6.54 Å². The van der Waals surface area contributed by atoms with E-state index in [0.717, 1.165) is 43.3 Å². The van der Waals surface area contributed by atoms with E-state index in [-0.39, 0.29) is 6.10 Å². The summed E-state index contributed by atoms with van der Waals surface area (Å²) in [6.45, 7) is 0.768. The van der Waals surface area contributed by atoms with Crippen LogP contribution in [0.2, 0.25) is 0 Å². The van der Waals surface area contributed by atoms with E-state index in [2.05, 4.69) is 10.3 Å². The van der Waals surface area contributed by atoms with E-state index in [0.29, 0.717) is 11.6 Å². The summed E-state index contributed by atoms with van der Waals surface area (Å²) in [6, 6.07) is 6.19. The van der Waals surface area contributed by atoms with Crippen molar-refractivity contribution in [1.29, 1.82) is 0 Å². The van der Waals surface area contributed by atoms with Gasteiger partial charge in [-0.05, 0) is 43.4 Å². The number of aromatic amines is 1. The molecule has 0 atom stereocenters. The predicted octanol–water partition coefficient (Wildman–Crippen LogP) is 1.51. The zero-order valence-electron chi connectivity index (χ0n) is 10.7. The third kappa shape index (κ3) is 2.88. The van der Waals surface area contributed by atoms with Crippen molar-refractivity contribution in [2.75, 3.05) is 0 Å². The summed E-state index contributed by atoms with van der Waals surface area (Å²) >= 11 is 0. The molecule has 0 radical (unpaired) electrons. The first-order valence-electron chi connectivity index (χ1n) is 6.74. The molecular weight excluding hydrogens is 244 g/mol.